The zero-order valence-electron chi connectivity index (χ0n) is 15.4. The molecule has 5 nitrogen and oxygen atoms in total. The molecule has 0 unspecified atom stereocenters. The lowest BCUT2D eigenvalue weighted by Gasteiger charge is -2.13. The third-order valence-corrected chi connectivity index (χ3v) is 4.64. The molecule has 1 aliphatic carbocycles. The highest BCUT2D eigenvalue weighted by Crippen LogP contribution is 2.19. The van der Waals surface area contributed by atoms with Crippen molar-refractivity contribution in [2.75, 3.05) is 18.4 Å². The highest BCUT2D eigenvalue weighted by atomic mass is 19.1. The van der Waals surface area contributed by atoms with Crippen molar-refractivity contribution in [3.05, 3.63) is 65.3 Å². The third kappa shape index (κ3) is 6.16. The fourth-order valence-electron chi connectivity index (χ4n) is 3.08. The summed E-state index contributed by atoms with van der Waals surface area (Å²) < 4.78 is 12.9. The molecule has 1 aromatic carbocycles. The van der Waals surface area contributed by atoms with Gasteiger partial charge in [-0.2, -0.15) is 0 Å². The molecule has 2 N–H and O–H groups in total. The summed E-state index contributed by atoms with van der Waals surface area (Å²) in [7, 11) is 0. The minimum absolute atomic E-state index is 0.149. The summed E-state index contributed by atoms with van der Waals surface area (Å²) >= 11 is 0. The monoisotopic (exact) mass is 368 g/mol. The number of carbonyl (C=O) groups is 1. The fourth-order valence-corrected chi connectivity index (χ4v) is 3.08. The van der Waals surface area contributed by atoms with Crippen molar-refractivity contribution in [1.82, 2.24) is 15.3 Å². The first kappa shape index (κ1) is 19.0. The number of allylic oxidation sites excluding steroid dienone is 1. The summed E-state index contributed by atoms with van der Waals surface area (Å²) in [4.78, 5) is 20.5. The van der Waals surface area contributed by atoms with Gasteiger partial charge in [0.2, 0.25) is 5.95 Å². The SMILES string of the molecule is O=C(NCCC1=CCCCC1)c1cnc(NCCc2ccc(F)cc2)nc1. The van der Waals surface area contributed by atoms with Crippen LogP contribution in [0.5, 0.6) is 0 Å². The number of hydrogen-bond donors (Lipinski definition) is 2. The summed E-state index contributed by atoms with van der Waals surface area (Å²) in [6.45, 7) is 1.27. The summed E-state index contributed by atoms with van der Waals surface area (Å²) in [5.41, 5.74) is 2.93. The number of carbonyl (C=O) groups excluding carboxylic acids is 1. The standard InChI is InChI=1S/C21H25FN4O/c22-19-8-6-17(7-9-19)11-13-24-21-25-14-18(15-26-21)20(27)23-12-10-16-4-2-1-3-5-16/h4,6-9,14-15H,1-3,5,10-13H2,(H,23,27)(H,24,25,26). The van der Waals surface area contributed by atoms with Gasteiger partial charge in [0.05, 0.1) is 5.56 Å². The normalized spacial score (nSPS) is 13.7. The van der Waals surface area contributed by atoms with Crippen LogP contribution in [0.3, 0.4) is 0 Å². The van der Waals surface area contributed by atoms with E-state index in [2.05, 4.69) is 26.7 Å². The van der Waals surface area contributed by atoms with Gasteiger partial charge >= 0.3 is 0 Å². The first-order chi connectivity index (χ1) is 13.2. The molecule has 27 heavy (non-hydrogen) atoms. The summed E-state index contributed by atoms with van der Waals surface area (Å²) in [6.07, 6.45) is 11.8. The Balaban J connectivity index is 1.40. The second-order valence-corrected chi connectivity index (χ2v) is 6.71. The van der Waals surface area contributed by atoms with Crippen LogP contribution in [0.1, 0.15) is 48.0 Å². The molecule has 0 atom stereocenters. The van der Waals surface area contributed by atoms with Gasteiger partial charge in [0.1, 0.15) is 5.82 Å². The van der Waals surface area contributed by atoms with Crippen LogP contribution in [-0.4, -0.2) is 29.0 Å². The van der Waals surface area contributed by atoms with E-state index in [1.807, 2.05) is 0 Å². The Morgan fingerprint density at radius 1 is 1.04 bits per heavy atom. The first-order valence-corrected chi connectivity index (χ1v) is 9.47. The van der Waals surface area contributed by atoms with Crippen LogP contribution in [0.15, 0.2) is 48.3 Å². The molecule has 6 heteroatoms. The largest absolute Gasteiger partial charge is 0.354 e. The van der Waals surface area contributed by atoms with Crippen LogP contribution in [0, 0.1) is 5.82 Å². The molecule has 3 rings (SSSR count). The number of benzene rings is 1. The lowest BCUT2D eigenvalue weighted by molar-refractivity contribution is 0.0953. The number of aromatic nitrogens is 2. The molecular weight excluding hydrogens is 343 g/mol. The fraction of sp³-hybridized carbons (Fsp3) is 0.381. The molecule has 1 aliphatic rings. The lowest BCUT2D eigenvalue weighted by atomic mass is 9.97. The zero-order chi connectivity index (χ0) is 18.9. The molecule has 142 valence electrons. The molecule has 0 bridgehead atoms. The van der Waals surface area contributed by atoms with Crippen molar-refractivity contribution < 1.29 is 9.18 Å². The number of halogens is 1. The van der Waals surface area contributed by atoms with Gasteiger partial charge in [0.15, 0.2) is 0 Å². The van der Waals surface area contributed by atoms with E-state index in [-0.39, 0.29) is 11.7 Å². The van der Waals surface area contributed by atoms with Gasteiger partial charge in [0.25, 0.3) is 5.91 Å². The van der Waals surface area contributed by atoms with E-state index in [1.54, 1.807) is 12.1 Å². The highest BCUT2D eigenvalue weighted by Gasteiger charge is 2.08. The van der Waals surface area contributed by atoms with Gasteiger partial charge in [-0.15, -0.1) is 0 Å². The molecule has 2 aromatic rings. The first-order valence-electron chi connectivity index (χ1n) is 9.47. The van der Waals surface area contributed by atoms with Crippen molar-refractivity contribution in [2.24, 2.45) is 0 Å². The minimum atomic E-state index is -0.237. The minimum Gasteiger partial charge on any atom is -0.354 e. The van der Waals surface area contributed by atoms with Crippen molar-refractivity contribution in [2.45, 2.75) is 38.5 Å². The van der Waals surface area contributed by atoms with Gasteiger partial charge in [0, 0.05) is 25.5 Å². The number of nitrogens with zero attached hydrogens (tertiary/aromatic N) is 2. The zero-order valence-corrected chi connectivity index (χ0v) is 15.4. The van der Waals surface area contributed by atoms with Gasteiger partial charge in [-0.25, -0.2) is 14.4 Å². The number of anilines is 1. The maximum atomic E-state index is 12.9. The van der Waals surface area contributed by atoms with E-state index in [0.29, 0.717) is 24.6 Å². The molecule has 0 aliphatic heterocycles. The predicted octanol–water partition coefficient (Wildman–Crippen LogP) is 3.89. The van der Waals surface area contributed by atoms with E-state index in [4.69, 9.17) is 0 Å². The maximum Gasteiger partial charge on any atom is 0.254 e. The van der Waals surface area contributed by atoms with E-state index >= 15 is 0 Å². The molecule has 1 heterocycles. The Labute approximate surface area is 159 Å². The van der Waals surface area contributed by atoms with E-state index < -0.39 is 0 Å². The second kappa shape index (κ2) is 9.80. The van der Waals surface area contributed by atoms with Crippen molar-refractivity contribution in [3.8, 4) is 0 Å². The Morgan fingerprint density at radius 3 is 2.52 bits per heavy atom. The molecule has 0 saturated heterocycles. The summed E-state index contributed by atoms with van der Waals surface area (Å²) in [5, 5.41) is 6.03. The van der Waals surface area contributed by atoms with E-state index in [0.717, 1.165) is 31.2 Å². The van der Waals surface area contributed by atoms with Crippen LogP contribution in [-0.2, 0) is 6.42 Å². The van der Waals surface area contributed by atoms with Crippen molar-refractivity contribution in [1.29, 1.82) is 0 Å². The predicted molar refractivity (Wildman–Crippen MR) is 104 cm³/mol. The number of nitrogens with one attached hydrogen (secondary N) is 2. The second-order valence-electron chi connectivity index (χ2n) is 6.71. The van der Waals surface area contributed by atoms with Gasteiger partial charge in [-0.05, 0) is 56.2 Å². The third-order valence-electron chi connectivity index (χ3n) is 4.64. The molecule has 0 spiro atoms. The summed E-state index contributed by atoms with van der Waals surface area (Å²) in [5.74, 6) is 0.0877. The van der Waals surface area contributed by atoms with E-state index in [1.165, 1.54) is 42.9 Å². The maximum absolute atomic E-state index is 12.9. The Morgan fingerprint density at radius 2 is 1.81 bits per heavy atom. The van der Waals surface area contributed by atoms with Crippen molar-refractivity contribution in [3.63, 3.8) is 0 Å². The van der Waals surface area contributed by atoms with Crippen LogP contribution < -0.4 is 10.6 Å². The smallest absolute Gasteiger partial charge is 0.254 e. The topological polar surface area (TPSA) is 66.9 Å². The summed E-state index contributed by atoms with van der Waals surface area (Å²) in [6, 6.07) is 6.41. The number of rotatable bonds is 8. The molecule has 0 saturated carbocycles. The number of amides is 1. The highest BCUT2D eigenvalue weighted by molar-refractivity contribution is 5.93. The molecule has 1 aromatic heterocycles. The van der Waals surface area contributed by atoms with E-state index in [9.17, 15) is 9.18 Å². The van der Waals surface area contributed by atoms with Crippen LogP contribution >= 0.6 is 0 Å². The molecular formula is C21H25FN4O. The van der Waals surface area contributed by atoms with Gasteiger partial charge in [-0.1, -0.05) is 23.8 Å². The van der Waals surface area contributed by atoms with Crippen LogP contribution in [0.4, 0.5) is 10.3 Å². The molecule has 0 fully saturated rings. The van der Waals surface area contributed by atoms with Crippen molar-refractivity contribution >= 4 is 11.9 Å². The van der Waals surface area contributed by atoms with Gasteiger partial charge in [-0.3, -0.25) is 4.79 Å². The Kier molecular flexibility index (Phi) is 6.90. The van der Waals surface area contributed by atoms with Crippen LogP contribution in [0.2, 0.25) is 0 Å². The Bertz CT molecular complexity index is 772. The molecule has 1 amide bonds. The quantitative estimate of drug-likeness (QED) is 0.694. The van der Waals surface area contributed by atoms with Crippen LogP contribution in [0.25, 0.3) is 0 Å². The average molecular weight is 368 g/mol. The Hall–Kier alpha value is -2.76. The van der Waals surface area contributed by atoms with Gasteiger partial charge < -0.3 is 10.6 Å². The average Bonchev–Trinajstić information content (AvgIpc) is 2.71. The number of hydrogen-bond acceptors (Lipinski definition) is 4. The lowest BCUT2D eigenvalue weighted by Crippen LogP contribution is -2.25. The molecule has 0 radical (unpaired) electrons.